The Balaban J connectivity index is 2.08. The van der Waals surface area contributed by atoms with Crippen LogP contribution in [0.15, 0.2) is 0 Å². The fourth-order valence-electron chi connectivity index (χ4n) is 2.89. The molecule has 0 spiro atoms. The third kappa shape index (κ3) is 2.35. The Kier molecular flexibility index (Phi) is 3.48. The van der Waals surface area contributed by atoms with Crippen LogP contribution in [0.5, 0.6) is 0 Å². The average molecular weight is 238 g/mol. The third-order valence-corrected chi connectivity index (χ3v) is 4.54. The van der Waals surface area contributed by atoms with Gasteiger partial charge in [0.05, 0.1) is 12.2 Å². The molecule has 98 valence electrons. The minimum atomic E-state index is 0.0510. The van der Waals surface area contributed by atoms with E-state index in [9.17, 15) is 4.79 Å². The molecule has 1 N–H and O–H groups in total. The summed E-state index contributed by atoms with van der Waals surface area (Å²) in [7, 11) is 0. The molecular formula is C14H26N2O. The summed E-state index contributed by atoms with van der Waals surface area (Å²) in [6.45, 7) is 9.70. The summed E-state index contributed by atoms with van der Waals surface area (Å²) in [6, 6.07) is 0.0510. The summed E-state index contributed by atoms with van der Waals surface area (Å²) in [6.07, 6.45) is 4.95. The molecule has 0 aromatic heterocycles. The summed E-state index contributed by atoms with van der Waals surface area (Å²) in [4.78, 5) is 14.5. The summed E-state index contributed by atoms with van der Waals surface area (Å²) in [5, 5.41) is 3.49. The molecule has 1 amide bonds. The number of rotatable bonds is 5. The minimum Gasteiger partial charge on any atom is -0.325 e. The second-order valence-electron chi connectivity index (χ2n) is 6.14. The molecule has 2 unspecified atom stereocenters. The van der Waals surface area contributed by atoms with Crippen molar-refractivity contribution in [3.63, 3.8) is 0 Å². The topological polar surface area (TPSA) is 32.3 Å². The lowest BCUT2D eigenvalue weighted by atomic mass is 10.0. The number of hydrogen-bond acceptors (Lipinski definition) is 2. The van der Waals surface area contributed by atoms with Gasteiger partial charge in [0.1, 0.15) is 0 Å². The SMILES string of the molecule is CCC1NC(C(C)C)N(CC2(CC)CC2)C1=O. The molecule has 1 heterocycles. The monoisotopic (exact) mass is 238 g/mol. The van der Waals surface area contributed by atoms with Crippen molar-refractivity contribution in [2.24, 2.45) is 11.3 Å². The van der Waals surface area contributed by atoms with Gasteiger partial charge in [-0.25, -0.2) is 0 Å². The fraction of sp³-hybridized carbons (Fsp3) is 0.929. The maximum atomic E-state index is 12.3. The van der Waals surface area contributed by atoms with Crippen molar-refractivity contribution >= 4 is 5.91 Å². The van der Waals surface area contributed by atoms with Gasteiger partial charge in [-0.2, -0.15) is 0 Å². The van der Waals surface area contributed by atoms with Gasteiger partial charge in [0.25, 0.3) is 0 Å². The summed E-state index contributed by atoms with van der Waals surface area (Å²) in [5.41, 5.74) is 0.451. The molecular weight excluding hydrogens is 212 g/mol. The molecule has 2 atom stereocenters. The first kappa shape index (κ1) is 12.9. The zero-order valence-corrected chi connectivity index (χ0v) is 11.6. The number of nitrogens with one attached hydrogen (secondary N) is 1. The summed E-state index contributed by atoms with van der Waals surface area (Å²) >= 11 is 0. The molecule has 17 heavy (non-hydrogen) atoms. The van der Waals surface area contributed by atoms with E-state index in [1.54, 1.807) is 0 Å². The second kappa shape index (κ2) is 4.60. The molecule has 1 saturated carbocycles. The third-order valence-electron chi connectivity index (χ3n) is 4.54. The van der Waals surface area contributed by atoms with Gasteiger partial charge in [-0.05, 0) is 37.0 Å². The highest BCUT2D eigenvalue weighted by molar-refractivity contribution is 5.84. The van der Waals surface area contributed by atoms with Crippen molar-refractivity contribution in [1.82, 2.24) is 10.2 Å². The zero-order valence-electron chi connectivity index (χ0n) is 11.6. The molecule has 3 nitrogen and oxygen atoms in total. The van der Waals surface area contributed by atoms with Crippen LogP contribution in [0.2, 0.25) is 0 Å². The first-order chi connectivity index (χ1) is 8.03. The van der Waals surface area contributed by atoms with E-state index in [2.05, 4.69) is 37.9 Å². The quantitative estimate of drug-likeness (QED) is 0.797. The van der Waals surface area contributed by atoms with Gasteiger partial charge in [0.2, 0.25) is 5.91 Å². The van der Waals surface area contributed by atoms with E-state index in [0.717, 1.165) is 13.0 Å². The standard InChI is InChI=1S/C14H26N2O/c1-5-11-13(17)16(12(15-11)10(3)4)9-14(6-2)7-8-14/h10-12,15H,5-9H2,1-4H3. The van der Waals surface area contributed by atoms with Crippen LogP contribution >= 0.6 is 0 Å². The van der Waals surface area contributed by atoms with E-state index in [0.29, 0.717) is 17.2 Å². The molecule has 0 aromatic carbocycles. The average Bonchev–Trinajstić information content (AvgIpc) is 3.01. The van der Waals surface area contributed by atoms with Gasteiger partial charge < -0.3 is 4.90 Å². The van der Waals surface area contributed by atoms with Gasteiger partial charge in [0.15, 0.2) is 0 Å². The maximum Gasteiger partial charge on any atom is 0.241 e. The van der Waals surface area contributed by atoms with Gasteiger partial charge in [0, 0.05) is 6.54 Å². The van der Waals surface area contributed by atoms with Gasteiger partial charge in [-0.1, -0.05) is 27.7 Å². The molecule has 2 fully saturated rings. The normalized spacial score (nSPS) is 31.4. The van der Waals surface area contributed by atoms with Crippen LogP contribution in [0, 0.1) is 11.3 Å². The molecule has 2 aliphatic rings. The molecule has 3 heteroatoms. The lowest BCUT2D eigenvalue weighted by Gasteiger charge is -2.30. The van der Waals surface area contributed by atoms with Crippen molar-refractivity contribution in [2.75, 3.05) is 6.54 Å². The lowest BCUT2D eigenvalue weighted by Crippen LogP contribution is -2.44. The summed E-state index contributed by atoms with van der Waals surface area (Å²) in [5.74, 6) is 0.814. The van der Waals surface area contributed by atoms with Crippen molar-refractivity contribution in [3.8, 4) is 0 Å². The van der Waals surface area contributed by atoms with E-state index < -0.39 is 0 Å². The van der Waals surface area contributed by atoms with Crippen LogP contribution < -0.4 is 5.32 Å². The predicted molar refractivity (Wildman–Crippen MR) is 69.5 cm³/mol. The van der Waals surface area contributed by atoms with Crippen molar-refractivity contribution in [1.29, 1.82) is 0 Å². The Morgan fingerprint density at radius 3 is 2.47 bits per heavy atom. The second-order valence-corrected chi connectivity index (χ2v) is 6.14. The largest absolute Gasteiger partial charge is 0.325 e. The smallest absolute Gasteiger partial charge is 0.241 e. The predicted octanol–water partition coefficient (Wildman–Crippen LogP) is 2.37. The number of hydrogen-bond donors (Lipinski definition) is 1. The fourth-order valence-corrected chi connectivity index (χ4v) is 2.89. The molecule has 1 aliphatic carbocycles. The van der Waals surface area contributed by atoms with Gasteiger partial charge in [-0.15, -0.1) is 0 Å². The molecule has 0 aromatic rings. The maximum absolute atomic E-state index is 12.3. The highest BCUT2D eigenvalue weighted by Crippen LogP contribution is 2.49. The van der Waals surface area contributed by atoms with Crippen molar-refractivity contribution < 1.29 is 4.79 Å². The van der Waals surface area contributed by atoms with Crippen LogP contribution in [-0.4, -0.2) is 29.6 Å². The number of nitrogens with zero attached hydrogens (tertiary/aromatic N) is 1. The van der Waals surface area contributed by atoms with Crippen LogP contribution in [0.25, 0.3) is 0 Å². The lowest BCUT2D eigenvalue weighted by molar-refractivity contribution is -0.131. The van der Waals surface area contributed by atoms with E-state index in [1.807, 2.05) is 0 Å². The highest BCUT2D eigenvalue weighted by Gasteiger charge is 2.48. The Bertz CT molecular complexity index is 297. The molecule has 0 radical (unpaired) electrons. The van der Waals surface area contributed by atoms with Gasteiger partial charge in [-0.3, -0.25) is 10.1 Å². The van der Waals surface area contributed by atoms with E-state index in [4.69, 9.17) is 0 Å². The minimum absolute atomic E-state index is 0.0510. The highest BCUT2D eigenvalue weighted by atomic mass is 16.2. The number of amides is 1. The van der Waals surface area contributed by atoms with Crippen LogP contribution in [-0.2, 0) is 4.79 Å². The number of carbonyl (C=O) groups is 1. The Hall–Kier alpha value is -0.570. The van der Waals surface area contributed by atoms with Crippen molar-refractivity contribution in [2.45, 2.75) is 65.6 Å². The first-order valence-corrected chi connectivity index (χ1v) is 7.09. The number of carbonyl (C=O) groups excluding carboxylic acids is 1. The van der Waals surface area contributed by atoms with E-state index >= 15 is 0 Å². The van der Waals surface area contributed by atoms with Crippen LogP contribution in [0.1, 0.15) is 53.4 Å². The molecule has 0 bridgehead atoms. The van der Waals surface area contributed by atoms with E-state index in [-0.39, 0.29) is 12.2 Å². The summed E-state index contributed by atoms with van der Waals surface area (Å²) < 4.78 is 0. The Morgan fingerprint density at radius 2 is 2.06 bits per heavy atom. The van der Waals surface area contributed by atoms with Crippen LogP contribution in [0.4, 0.5) is 0 Å². The Morgan fingerprint density at radius 1 is 1.41 bits per heavy atom. The first-order valence-electron chi connectivity index (χ1n) is 7.09. The van der Waals surface area contributed by atoms with Crippen LogP contribution in [0.3, 0.4) is 0 Å². The zero-order chi connectivity index (χ0) is 12.6. The van der Waals surface area contributed by atoms with E-state index in [1.165, 1.54) is 19.3 Å². The molecule has 2 rings (SSSR count). The molecule has 1 saturated heterocycles. The molecule has 1 aliphatic heterocycles. The van der Waals surface area contributed by atoms with Crippen molar-refractivity contribution in [3.05, 3.63) is 0 Å². The van der Waals surface area contributed by atoms with Gasteiger partial charge >= 0.3 is 0 Å². The Labute approximate surface area is 105 Å².